The number of rotatable bonds is 4. The van der Waals surface area contributed by atoms with E-state index in [1.165, 1.54) is 23.8 Å². The molecular weight excluding hydrogens is 416 g/mol. The SMILES string of the molecule is O=C(NCC1(c2ccc(Cl)cc2)CC1)c1ccc(F)cc1I. The van der Waals surface area contributed by atoms with Gasteiger partial charge in [0.15, 0.2) is 0 Å². The summed E-state index contributed by atoms with van der Waals surface area (Å²) < 4.78 is 13.7. The van der Waals surface area contributed by atoms with E-state index in [0.717, 1.165) is 12.8 Å². The Labute approximate surface area is 147 Å². The first-order valence-electron chi connectivity index (χ1n) is 6.99. The van der Waals surface area contributed by atoms with Crippen LogP contribution in [0.5, 0.6) is 0 Å². The first-order chi connectivity index (χ1) is 10.5. The van der Waals surface area contributed by atoms with E-state index in [0.29, 0.717) is 20.7 Å². The lowest BCUT2D eigenvalue weighted by Gasteiger charge is -2.17. The standard InChI is InChI=1S/C17H14ClFINO/c18-12-3-1-11(2-4-12)17(7-8-17)10-21-16(22)14-6-5-13(19)9-15(14)20/h1-6,9H,7-8,10H2,(H,21,22). The fraction of sp³-hybridized carbons (Fsp3) is 0.235. The molecule has 2 aromatic rings. The first-order valence-corrected chi connectivity index (χ1v) is 8.45. The van der Waals surface area contributed by atoms with Crippen molar-refractivity contribution in [1.82, 2.24) is 5.32 Å². The van der Waals surface area contributed by atoms with Gasteiger partial charge < -0.3 is 5.32 Å². The van der Waals surface area contributed by atoms with Crippen LogP contribution in [0.25, 0.3) is 0 Å². The molecule has 2 aromatic carbocycles. The summed E-state index contributed by atoms with van der Waals surface area (Å²) in [6.07, 6.45) is 2.10. The first kappa shape index (κ1) is 15.7. The number of carbonyl (C=O) groups is 1. The smallest absolute Gasteiger partial charge is 0.252 e. The van der Waals surface area contributed by atoms with Crippen molar-refractivity contribution in [2.24, 2.45) is 0 Å². The zero-order valence-electron chi connectivity index (χ0n) is 11.7. The number of amides is 1. The van der Waals surface area contributed by atoms with Gasteiger partial charge in [0, 0.05) is 20.6 Å². The molecule has 22 heavy (non-hydrogen) atoms. The van der Waals surface area contributed by atoms with E-state index >= 15 is 0 Å². The van der Waals surface area contributed by atoms with Gasteiger partial charge in [-0.25, -0.2) is 4.39 Å². The molecule has 0 aliphatic heterocycles. The van der Waals surface area contributed by atoms with Gasteiger partial charge in [-0.15, -0.1) is 0 Å². The molecule has 1 aliphatic rings. The lowest BCUT2D eigenvalue weighted by atomic mass is 9.96. The Morgan fingerprint density at radius 3 is 2.50 bits per heavy atom. The van der Waals surface area contributed by atoms with Gasteiger partial charge in [0.05, 0.1) is 5.56 Å². The molecule has 5 heteroatoms. The lowest BCUT2D eigenvalue weighted by molar-refractivity contribution is 0.0948. The normalized spacial score (nSPS) is 15.4. The Hall–Kier alpha value is -1.14. The highest BCUT2D eigenvalue weighted by Gasteiger charge is 2.44. The number of hydrogen-bond acceptors (Lipinski definition) is 1. The van der Waals surface area contributed by atoms with Gasteiger partial charge in [-0.2, -0.15) is 0 Å². The van der Waals surface area contributed by atoms with Crippen molar-refractivity contribution in [2.75, 3.05) is 6.54 Å². The predicted octanol–water partition coefficient (Wildman–Crippen LogP) is 4.55. The molecule has 0 bridgehead atoms. The molecule has 1 amide bonds. The summed E-state index contributed by atoms with van der Waals surface area (Å²) in [5.74, 6) is -0.495. The van der Waals surface area contributed by atoms with Crippen LogP contribution in [-0.4, -0.2) is 12.5 Å². The van der Waals surface area contributed by atoms with Gasteiger partial charge in [0.1, 0.15) is 5.82 Å². The second-order valence-electron chi connectivity index (χ2n) is 5.59. The van der Waals surface area contributed by atoms with E-state index in [4.69, 9.17) is 11.6 Å². The van der Waals surface area contributed by atoms with E-state index in [1.807, 2.05) is 46.9 Å². The molecule has 0 radical (unpaired) electrons. The van der Waals surface area contributed by atoms with Gasteiger partial charge in [0.25, 0.3) is 5.91 Å². The van der Waals surface area contributed by atoms with E-state index in [1.54, 1.807) is 0 Å². The van der Waals surface area contributed by atoms with Crippen molar-refractivity contribution in [3.05, 3.63) is 68.0 Å². The predicted molar refractivity (Wildman–Crippen MR) is 93.8 cm³/mol. The molecule has 0 heterocycles. The molecule has 3 rings (SSSR count). The highest BCUT2D eigenvalue weighted by Crippen LogP contribution is 2.47. The Balaban J connectivity index is 1.69. The monoisotopic (exact) mass is 429 g/mol. The molecule has 1 aliphatic carbocycles. The van der Waals surface area contributed by atoms with E-state index in [-0.39, 0.29) is 17.1 Å². The quantitative estimate of drug-likeness (QED) is 0.710. The zero-order chi connectivity index (χ0) is 15.7. The summed E-state index contributed by atoms with van der Waals surface area (Å²) in [4.78, 5) is 12.3. The Bertz CT molecular complexity index is 713. The molecule has 1 fully saturated rings. The maximum atomic E-state index is 13.1. The van der Waals surface area contributed by atoms with Crippen LogP contribution in [0.15, 0.2) is 42.5 Å². The number of hydrogen-bond donors (Lipinski definition) is 1. The summed E-state index contributed by atoms with van der Waals surface area (Å²) in [6, 6.07) is 12.0. The molecule has 114 valence electrons. The third kappa shape index (κ3) is 3.27. The van der Waals surface area contributed by atoms with Crippen LogP contribution < -0.4 is 5.32 Å². The fourth-order valence-corrected chi connectivity index (χ4v) is 3.39. The third-order valence-corrected chi connectivity index (χ3v) is 5.22. The summed E-state index contributed by atoms with van der Waals surface area (Å²) in [7, 11) is 0. The van der Waals surface area contributed by atoms with E-state index in [2.05, 4.69) is 5.32 Å². The maximum Gasteiger partial charge on any atom is 0.252 e. The zero-order valence-corrected chi connectivity index (χ0v) is 14.6. The summed E-state index contributed by atoms with van der Waals surface area (Å²) in [6.45, 7) is 0.584. The Kier molecular flexibility index (Phi) is 4.41. The molecule has 0 saturated heterocycles. The molecule has 0 aromatic heterocycles. The maximum absolute atomic E-state index is 13.1. The van der Waals surface area contributed by atoms with Gasteiger partial charge in [-0.05, 0) is 71.3 Å². The fourth-order valence-electron chi connectivity index (χ4n) is 2.54. The minimum Gasteiger partial charge on any atom is -0.351 e. The van der Waals surface area contributed by atoms with Crippen molar-refractivity contribution < 1.29 is 9.18 Å². The molecular formula is C17H14ClFINO. The number of nitrogens with one attached hydrogen (secondary N) is 1. The molecule has 0 spiro atoms. The van der Waals surface area contributed by atoms with Gasteiger partial charge in [-0.1, -0.05) is 23.7 Å². The second kappa shape index (κ2) is 6.16. The highest BCUT2D eigenvalue weighted by molar-refractivity contribution is 14.1. The Morgan fingerprint density at radius 1 is 1.23 bits per heavy atom. The van der Waals surface area contributed by atoms with E-state index in [9.17, 15) is 9.18 Å². The molecule has 1 N–H and O–H groups in total. The van der Waals surface area contributed by atoms with Gasteiger partial charge in [0.2, 0.25) is 0 Å². The number of benzene rings is 2. The van der Waals surface area contributed by atoms with E-state index < -0.39 is 0 Å². The topological polar surface area (TPSA) is 29.1 Å². The molecule has 2 nitrogen and oxygen atoms in total. The summed E-state index contributed by atoms with van der Waals surface area (Å²) in [5.41, 5.74) is 1.73. The van der Waals surface area contributed by atoms with Crippen LogP contribution in [0.3, 0.4) is 0 Å². The van der Waals surface area contributed by atoms with Crippen molar-refractivity contribution in [3.8, 4) is 0 Å². The minimum atomic E-state index is -0.333. The van der Waals surface area contributed by atoms with Gasteiger partial charge >= 0.3 is 0 Å². The van der Waals surface area contributed by atoms with Crippen LogP contribution >= 0.6 is 34.2 Å². The molecule has 0 atom stereocenters. The Morgan fingerprint density at radius 2 is 1.91 bits per heavy atom. The number of halogens is 3. The van der Waals surface area contributed by atoms with Crippen LogP contribution in [0.1, 0.15) is 28.8 Å². The average molecular weight is 430 g/mol. The summed E-state index contributed by atoms with van der Waals surface area (Å²) >= 11 is 7.90. The van der Waals surface area contributed by atoms with Crippen molar-refractivity contribution in [1.29, 1.82) is 0 Å². The van der Waals surface area contributed by atoms with Crippen molar-refractivity contribution in [2.45, 2.75) is 18.3 Å². The summed E-state index contributed by atoms with van der Waals surface area (Å²) in [5, 5.41) is 3.69. The van der Waals surface area contributed by atoms with Crippen LogP contribution in [0.4, 0.5) is 4.39 Å². The van der Waals surface area contributed by atoms with Crippen LogP contribution in [0, 0.1) is 9.39 Å². The molecule has 0 unspecified atom stereocenters. The highest BCUT2D eigenvalue weighted by atomic mass is 127. The second-order valence-corrected chi connectivity index (χ2v) is 7.19. The third-order valence-electron chi connectivity index (χ3n) is 4.07. The number of carbonyl (C=O) groups excluding carboxylic acids is 1. The van der Waals surface area contributed by atoms with Crippen LogP contribution in [-0.2, 0) is 5.41 Å². The average Bonchev–Trinajstić information content (AvgIpc) is 3.27. The van der Waals surface area contributed by atoms with Gasteiger partial charge in [-0.3, -0.25) is 4.79 Å². The lowest BCUT2D eigenvalue weighted by Crippen LogP contribution is -2.32. The largest absolute Gasteiger partial charge is 0.351 e. The van der Waals surface area contributed by atoms with Crippen molar-refractivity contribution >= 4 is 40.1 Å². The van der Waals surface area contributed by atoms with Crippen molar-refractivity contribution in [3.63, 3.8) is 0 Å². The molecule has 1 saturated carbocycles. The van der Waals surface area contributed by atoms with Crippen LogP contribution in [0.2, 0.25) is 5.02 Å². The minimum absolute atomic E-state index is 0.0196.